The SMILES string of the molecule is C=C(OCC)c1ccc(C2(F)CN(C(=O)OC(C)(C)C)C2)s1. The predicted molar refractivity (Wildman–Crippen MR) is 85.6 cm³/mol. The molecule has 0 spiro atoms. The number of carbonyl (C=O) groups is 1. The molecule has 0 radical (unpaired) electrons. The minimum absolute atomic E-state index is 0.0168. The van der Waals surface area contributed by atoms with Gasteiger partial charge in [-0.15, -0.1) is 11.3 Å². The van der Waals surface area contributed by atoms with E-state index in [1.54, 1.807) is 32.9 Å². The second kappa shape index (κ2) is 5.91. The molecule has 122 valence electrons. The number of thiophene rings is 1. The van der Waals surface area contributed by atoms with Gasteiger partial charge in [0.15, 0.2) is 5.67 Å². The monoisotopic (exact) mass is 327 g/mol. The van der Waals surface area contributed by atoms with E-state index in [-0.39, 0.29) is 13.1 Å². The van der Waals surface area contributed by atoms with Crippen LogP contribution in [0.3, 0.4) is 0 Å². The first-order chi connectivity index (χ1) is 10.1. The minimum atomic E-state index is -1.51. The molecule has 0 saturated carbocycles. The molecule has 0 aliphatic carbocycles. The van der Waals surface area contributed by atoms with Crippen LogP contribution in [0.25, 0.3) is 5.76 Å². The third-order valence-electron chi connectivity index (χ3n) is 3.18. The van der Waals surface area contributed by atoms with E-state index < -0.39 is 17.4 Å². The summed E-state index contributed by atoms with van der Waals surface area (Å²) in [5.74, 6) is 0.547. The van der Waals surface area contributed by atoms with Crippen molar-refractivity contribution in [2.75, 3.05) is 19.7 Å². The van der Waals surface area contributed by atoms with Gasteiger partial charge in [0.05, 0.1) is 24.6 Å². The van der Waals surface area contributed by atoms with Gasteiger partial charge in [0.25, 0.3) is 0 Å². The molecule has 1 fully saturated rings. The van der Waals surface area contributed by atoms with Crippen molar-refractivity contribution in [2.45, 2.75) is 39.0 Å². The maximum atomic E-state index is 14.8. The molecule has 1 amide bonds. The van der Waals surface area contributed by atoms with Crippen molar-refractivity contribution in [3.05, 3.63) is 28.5 Å². The Morgan fingerprint density at radius 3 is 2.64 bits per heavy atom. The fourth-order valence-electron chi connectivity index (χ4n) is 2.14. The summed E-state index contributed by atoms with van der Waals surface area (Å²) >= 11 is 1.31. The maximum Gasteiger partial charge on any atom is 0.410 e. The van der Waals surface area contributed by atoms with Gasteiger partial charge < -0.3 is 14.4 Å². The summed E-state index contributed by atoms with van der Waals surface area (Å²) in [5, 5.41) is 0. The first-order valence-electron chi connectivity index (χ1n) is 7.24. The van der Waals surface area contributed by atoms with Gasteiger partial charge >= 0.3 is 6.09 Å². The molecule has 22 heavy (non-hydrogen) atoms. The topological polar surface area (TPSA) is 38.8 Å². The van der Waals surface area contributed by atoms with E-state index in [9.17, 15) is 9.18 Å². The van der Waals surface area contributed by atoms with Gasteiger partial charge in [0.2, 0.25) is 0 Å². The van der Waals surface area contributed by atoms with Crippen LogP contribution in [-0.2, 0) is 15.1 Å². The highest BCUT2D eigenvalue weighted by atomic mass is 32.1. The molecule has 1 aliphatic heterocycles. The Balaban J connectivity index is 1.98. The predicted octanol–water partition coefficient (Wildman–Crippen LogP) is 4.17. The van der Waals surface area contributed by atoms with E-state index in [2.05, 4.69) is 6.58 Å². The van der Waals surface area contributed by atoms with Crippen LogP contribution >= 0.6 is 11.3 Å². The summed E-state index contributed by atoms with van der Waals surface area (Å²) in [6.45, 7) is 11.6. The average Bonchev–Trinajstić information content (AvgIpc) is 2.83. The molecule has 6 heteroatoms. The van der Waals surface area contributed by atoms with E-state index in [1.165, 1.54) is 16.2 Å². The highest BCUT2D eigenvalue weighted by Gasteiger charge is 2.49. The van der Waals surface area contributed by atoms with Gasteiger partial charge in [-0.3, -0.25) is 0 Å². The van der Waals surface area contributed by atoms with Crippen LogP contribution in [-0.4, -0.2) is 36.3 Å². The Morgan fingerprint density at radius 1 is 1.45 bits per heavy atom. The van der Waals surface area contributed by atoms with Gasteiger partial charge in [-0.1, -0.05) is 6.58 Å². The summed E-state index contributed by atoms with van der Waals surface area (Å²) in [6, 6.07) is 3.53. The zero-order valence-corrected chi connectivity index (χ0v) is 14.3. The smallest absolute Gasteiger partial charge is 0.410 e. The third kappa shape index (κ3) is 3.61. The van der Waals surface area contributed by atoms with Crippen LogP contribution in [0.1, 0.15) is 37.4 Å². The first kappa shape index (κ1) is 16.8. The van der Waals surface area contributed by atoms with Crippen molar-refractivity contribution in [2.24, 2.45) is 0 Å². The molecule has 0 bridgehead atoms. The van der Waals surface area contributed by atoms with Crippen LogP contribution in [0.5, 0.6) is 0 Å². The molecule has 1 aromatic rings. The van der Waals surface area contributed by atoms with Crippen LogP contribution in [0.15, 0.2) is 18.7 Å². The number of hydrogen-bond acceptors (Lipinski definition) is 4. The zero-order chi connectivity index (χ0) is 16.5. The van der Waals surface area contributed by atoms with Gasteiger partial charge in [-0.25, -0.2) is 9.18 Å². The molecule has 0 N–H and O–H groups in total. The molecule has 0 aromatic carbocycles. The number of ether oxygens (including phenoxy) is 2. The van der Waals surface area contributed by atoms with Crippen molar-refractivity contribution in [1.29, 1.82) is 0 Å². The Bertz CT molecular complexity index is 570. The molecule has 1 aromatic heterocycles. The number of rotatable bonds is 4. The van der Waals surface area contributed by atoms with Crippen molar-refractivity contribution in [1.82, 2.24) is 4.90 Å². The lowest BCUT2D eigenvalue weighted by Crippen LogP contribution is -2.59. The van der Waals surface area contributed by atoms with Crippen molar-refractivity contribution >= 4 is 23.2 Å². The van der Waals surface area contributed by atoms with Gasteiger partial charge in [-0.2, -0.15) is 0 Å². The van der Waals surface area contributed by atoms with Gasteiger partial charge in [0.1, 0.15) is 11.4 Å². The highest BCUT2D eigenvalue weighted by Crippen LogP contribution is 2.41. The Morgan fingerprint density at radius 2 is 2.09 bits per heavy atom. The zero-order valence-electron chi connectivity index (χ0n) is 13.4. The number of alkyl halides is 1. The summed E-state index contributed by atoms with van der Waals surface area (Å²) in [4.78, 5) is 14.6. The van der Waals surface area contributed by atoms with E-state index in [0.29, 0.717) is 17.2 Å². The number of hydrogen-bond donors (Lipinski definition) is 0. The Labute approximate surface area is 134 Å². The van der Waals surface area contributed by atoms with Gasteiger partial charge in [-0.05, 0) is 39.8 Å². The Hall–Kier alpha value is -1.56. The number of halogens is 1. The average molecular weight is 327 g/mol. The lowest BCUT2D eigenvalue weighted by molar-refractivity contribution is -0.0521. The maximum absolute atomic E-state index is 14.8. The number of amides is 1. The van der Waals surface area contributed by atoms with Crippen LogP contribution in [0.4, 0.5) is 9.18 Å². The number of nitrogens with zero attached hydrogens (tertiary/aromatic N) is 1. The van der Waals surface area contributed by atoms with Crippen LogP contribution in [0.2, 0.25) is 0 Å². The van der Waals surface area contributed by atoms with Crippen LogP contribution < -0.4 is 0 Å². The lowest BCUT2D eigenvalue weighted by atomic mass is 9.95. The van der Waals surface area contributed by atoms with E-state index in [1.807, 2.05) is 6.92 Å². The van der Waals surface area contributed by atoms with Crippen molar-refractivity contribution < 1.29 is 18.7 Å². The number of carbonyl (C=O) groups excluding carboxylic acids is 1. The molecule has 2 heterocycles. The van der Waals surface area contributed by atoms with E-state index >= 15 is 0 Å². The normalized spacial score (nSPS) is 16.9. The lowest BCUT2D eigenvalue weighted by Gasteiger charge is -2.43. The van der Waals surface area contributed by atoms with Crippen molar-refractivity contribution in [3.8, 4) is 0 Å². The largest absolute Gasteiger partial charge is 0.493 e. The summed E-state index contributed by atoms with van der Waals surface area (Å²) in [5.41, 5.74) is -2.08. The summed E-state index contributed by atoms with van der Waals surface area (Å²) in [6.07, 6.45) is -0.476. The van der Waals surface area contributed by atoms with Crippen molar-refractivity contribution in [3.63, 3.8) is 0 Å². The molecule has 2 rings (SSSR count). The van der Waals surface area contributed by atoms with Gasteiger partial charge in [0, 0.05) is 4.88 Å². The molecule has 0 atom stereocenters. The summed E-state index contributed by atoms with van der Waals surface area (Å²) < 4.78 is 25.4. The molecular weight excluding hydrogens is 305 g/mol. The fourth-order valence-corrected chi connectivity index (χ4v) is 3.14. The molecular formula is C16H22FNO3S. The standard InChI is InChI=1S/C16H22FNO3S/c1-6-20-11(2)12-7-8-13(22-12)16(17)9-18(10-16)14(19)21-15(3,4)5/h7-8H,2,6,9-10H2,1,3-5H3. The first-order valence-corrected chi connectivity index (χ1v) is 8.05. The molecule has 1 saturated heterocycles. The van der Waals surface area contributed by atoms with E-state index in [4.69, 9.17) is 9.47 Å². The molecule has 1 aliphatic rings. The quantitative estimate of drug-likeness (QED) is 0.779. The second-order valence-electron chi connectivity index (χ2n) is 6.32. The third-order valence-corrected chi connectivity index (χ3v) is 4.48. The fraction of sp³-hybridized carbons (Fsp3) is 0.562. The Kier molecular flexibility index (Phi) is 4.52. The van der Waals surface area contributed by atoms with Crippen LogP contribution in [0, 0.1) is 0 Å². The summed E-state index contributed by atoms with van der Waals surface area (Å²) in [7, 11) is 0. The molecule has 0 unspecified atom stereocenters. The van der Waals surface area contributed by atoms with E-state index in [0.717, 1.165) is 4.88 Å². The highest BCUT2D eigenvalue weighted by molar-refractivity contribution is 7.13. The minimum Gasteiger partial charge on any atom is -0.493 e. The second-order valence-corrected chi connectivity index (χ2v) is 7.41. The molecule has 4 nitrogen and oxygen atoms in total. The number of likely N-dealkylation sites (tertiary alicyclic amines) is 1.